The maximum absolute atomic E-state index is 14.2. The minimum absolute atomic E-state index is 0.202. The van der Waals surface area contributed by atoms with Gasteiger partial charge in [0.05, 0.1) is 0 Å². The lowest BCUT2D eigenvalue weighted by Gasteiger charge is -2.46. The molecular weight excluding hydrogens is 258 g/mol. The number of hydrogen-bond acceptors (Lipinski definition) is 2. The van der Waals surface area contributed by atoms with Gasteiger partial charge in [0.2, 0.25) is 0 Å². The molecule has 0 atom stereocenters. The Balaban J connectivity index is 1.91. The van der Waals surface area contributed by atoms with Crippen LogP contribution in [-0.4, -0.2) is 18.1 Å². The molecule has 103 valence electrons. The summed E-state index contributed by atoms with van der Waals surface area (Å²) in [6, 6.07) is 8.54. The minimum atomic E-state index is -0.494. The molecule has 1 aromatic heterocycles. The van der Waals surface area contributed by atoms with Gasteiger partial charge in [-0.2, -0.15) is 0 Å². The molecule has 20 heavy (non-hydrogen) atoms. The van der Waals surface area contributed by atoms with Crippen LogP contribution in [0.25, 0.3) is 11.1 Å². The Labute approximate surface area is 117 Å². The number of pyridine rings is 1. The Kier molecular flexibility index (Phi) is 2.96. The number of anilines is 1. The van der Waals surface area contributed by atoms with Crippen LogP contribution in [0.4, 0.5) is 14.6 Å². The van der Waals surface area contributed by atoms with E-state index in [-0.39, 0.29) is 5.41 Å². The first kappa shape index (κ1) is 13.0. The van der Waals surface area contributed by atoms with Crippen molar-refractivity contribution in [3.8, 4) is 11.1 Å². The fraction of sp³-hybridized carbons (Fsp3) is 0.312. The number of halogens is 2. The molecule has 0 aliphatic carbocycles. The number of nitrogens with zero attached hydrogens (tertiary/aromatic N) is 2. The summed E-state index contributed by atoms with van der Waals surface area (Å²) in [6.07, 6.45) is 1.51. The zero-order valence-electron chi connectivity index (χ0n) is 11.5. The quantitative estimate of drug-likeness (QED) is 0.830. The molecule has 1 aliphatic rings. The van der Waals surface area contributed by atoms with Crippen LogP contribution in [0.15, 0.2) is 30.5 Å². The number of rotatable bonds is 2. The first-order valence-corrected chi connectivity index (χ1v) is 6.53. The molecule has 2 aromatic rings. The summed E-state index contributed by atoms with van der Waals surface area (Å²) in [5, 5.41) is 0. The van der Waals surface area contributed by atoms with Crippen LogP contribution in [0.3, 0.4) is 0 Å². The largest absolute Gasteiger partial charge is 0.353 e. The number of aromatic nitrogens is 1. The Hall–Kier alpha value is -1.97. The summed E-state index contributed by atoms with van der Waals surface area (Å²) in [6.45, 7) is 5.82. The van der Waals surface area contributed by atoms with E-state index in [0.29, 0.717) is 16.9 Å². The lowest BCUT2D eigenvalue weighted by Crippen LogP contribution is -2.53. The van der Waals surface area contributed by atoms with E-state index in [4.69, 9.17) is 0 Å². The SMILES string of the molecule is CC1(C)CN(c2ncc(-c3ccc[c]c3F)cc2F)C1. The van der Waals surface area contributed by atoms with E-state index in [1.165, 1.54) is 18.3 Å². The van der Waals surface area contributed by atoms with Crippen molar-refractivity contribution in [2.45, 2.75) is 13.8 Å². The van der Waals surface area contributed by atoms with E-state index in [9.17, 15) is 8.78 Å². The monoisotopic (exact) mass is 273 g/mol. The second kappa shape index (κ2) is 4.54. The van der Waals surface area contributed by atoms with E-state index in [2.05, 4.69) is 24.9 Å². The van der Waals surface area contributed by atoms with Gasteiger partial charge in [0.1, 0.15) is 5.82 Å². The predicted octanol–water partition coefficient (Wildman–Crippen LogP) is 3.67. The predicted molar refractivity (Wildman–Crippen MR) is 74.4 cm³/mol. The van der Waals surface area contributed by atoms with Gasteiger partial charge in [-0.25, -0.2) is 13.8 Å². The third-order valence-corrected chi connectivity index (χ3v) is 3.48. The molecule has 4 heteroatoms. The minimum Gasteiger partial charge on any atom is -0.353 e. The number of hydrogen-bond donors (Lipinski definition) is 0. The molecule has 1 aromatic carbocycles. The van der Waals surface area contributed by atoms with Crippen LogP contribution < -0.4 is 4.90 Å². The molecular formula is C16H15F2N2. The molecule has 0 unspecified atom stereocenters. The van der Waals surface area contributed by atoms with Crippen LogP contribution in [0.5, 0.6) is 0 Å². The van der Waals surface area contributed by atoms with Gasteiger partial charge in [-0.3, -0.25) is 0 Å². The van der Waals surface area contributed by atoms with Crippen LogP contribution in [0.1, 0.15) is 13.8 Å². The summed E-state index contributed by atoms with van der Waals surface area (Å²) < 4.78 is 27.8. The van der Waals surface area contributed by atoms with Gasteiger partial charge in [0.15, 0.2) is 11.6 Å². The lowest BCUT2D eigenvalue weighted by atomic mass is 9.84. The molecule has 0 saturated carbocycles. The smallest absolute Gasteiger partial charge is 0.166 e. The van der Waals surface area contributed by atoms with E-state index >= 15 is 0 Å². The Morgan fingerprint density at radius 3 is 2.65 bits per heavy atom. The Morgan fingerprint density at radius 2 is 2.05 bits per heavy atom. The van der Waals surface area contributed by atoms with Gasteiger partial charge >= 0.3 is 0 Å². The average Bonchev–Trinajstić information content (AvgIpc) is 2.36. The van der Waals surface area contributed by atoms with Crippen molar-refractivity contribution in [3.63, 3.8) is 0 Å². The Morgan fingerprint density at radius 1 is 1.30 bits per heavy atom. The van der Waals surface area contributed by atoms with E-state index in [1.807, 2.05) is 4.90 Å². The first-order chi connectivity index (χ1) is 9.46. The van der Waals surface area contributed by atoms with Crippen molar-refractivity contribution in [2.24, 2.45) is 5.41 Å². The van der Waals surface area contributed by atoms with Crippen molar-refractivity contribution in [3.05, 3.63) is 48.2 Å². The summed E-state index contributed by atoms with van der Waals surface area (Å²) in [7, 11) is 0. The summed E-state index contributed by atoms with van der Waals surface area (Å²) in [5.41, 5.74) is 0.947. The summed E-state index contributed by atoms with van der Waals surface area (Å²) >= 11 is 0. The van der Waals surface area contributed by atoms with Crippen molar-refractivity contribution in [1.29, 1.82) is 0 Å². The second-order valence-corrected chi connectivity index (χ2v) is 5.95. The third kappa shape index (κ3) is 2.26. The molecule has 0 N–H and O–H groups in total. The highest BCUT2D eigenvalue weighted by molar-refractivity contribution is 5.65. The first-order valence-electron chi connectivity index (χ1n) is 6.53. The zero-order chi connectivity index (χ0) is 14.3. The van der Waals surface area contributed by atoms with Crippen LogP contribution in [0, 0.1) is 23.1 Å². The molecule has 0 bridgehead atoms. The van der Waals surface area contributed by atoms with E-state index in [0.717, 1.165) is 13.1 Å². The van der Waals surface area contributed by atoms with Crippen molar-refractivity contribution < 1.29 is 8.78 Å². The molecule has 3 rings (SSSR count). The Bertz CT molecular complexity index is 645. The highest BCUT2D eigenvalue weighted by Crippen LogP contribution is 2.34. The van der Waals surface area contributed by atoms with Crippen LogP contribution in [-0.2, 0) is 0 Å². The third-order valence-electron chi connectivity index (χ3n) is 3.48. The van der Waals surface area contributed by atoms with Crippen molar-refractivity contribution in [1.82, 2.24) is 4.98 Å². The standard InChI is InChI=1S/C16H15F2N2/c1-16(2)9-20(10-16)15-14(18)7-11(8-19-15)12-5-3-4-6-13(12)17/h3-5,7-8H,9-10H2,1-2H3. The molecule has 0 amide bonds. The molecule has 2 heterocycles. The van der Waals surface area contributed by atoms with Gasteiger partial charge in [0, 0.05) is 36.5 Å². The van der Waals surface area contributed by atoms with Crippen molar-refractivity contribution >= 4 is 5.82 Å². The van der Waals surface area contributed by atoms with Gasteiger partial charge < -0.3 is 4.90 Å². The molecule has 1 fully saturated rings. The maximum atomic E-state index is 14.2. The van der Waals surface area contributed by atoms with Gasteiger partial charge in [0.25, 0.3) is 0 Å². The molecule has 2 nitrogen and oxygen atoms in total. The lowest BCUT2D eigenvalue weighted by molar-refractivity contribution is 0.272. The van der Waals surface area contributed by atoms with Gasteiger partial charge in [-0.1, -0.05) is 32.0 Å². The van der Waals surface area contributed by atoms with Crippen LogP contribution in [0.2, 0.25) is 0 Å². The van der Waals surface area contributed by atoms with E-state index < -0.39 is 11.6 Å². The molecule has 0 spiro atoms. The molecule has 1 saturated heterocycles. The molecule has 1 aliphatic heterocycles. The summed E-state index contributed by atoms with van der Waals surface area (Å²) in [5.74, 6) is -0.568. The van der Waals surface area contributed by atoms with Gasteiger partial charge in [-0.15, -0.1) is 0 Å². The highest BCUT2D eigenvalue weighted by Gasteiger charge is 2.36. The fourth-order valence-electron chi connectivity index (χ4n) is 2.59. The molecule has 1 radical (unpaired) electrons. The van der Waals surface area contributed by atoms with E-state index in [1.54, 1.807) is 12.1 Å². The van der Waals surface area contributed by atoms with Crippen molar-refractivity contribution in [2.75, 3.05) is 18.0 Å². The summed E-state index contributed by atoms with van der Waals surface area (Å²) in [4.78, 5) is 6.05. The second-order valence-electron chi connectivity index (χ2n) is 5.95. The highest BCUT2D eigenvalue weighted by atomic mass is 19.1. The van der Waals surface area contributed by atoms with Gasteiger partial charge in [-0.05, 0) is 11.5 Å². The number of benzene rings is 1. The fourth-order valence-corrected chi connectivity index (χ4v) is 2.59. The average molecular weight is 273 g/mol. The maximum Gasteiger partial charge on any atom is 0.166 e. The zero-order valence-corrected chi connectivity index (χ0v) is 11.5. The topological polar surface area (TPSA) is 16.1 Å². The normalized spacial score (nSPS) is 16.9. The van der Waals surface area contributed by atoms with Crippen LogP contribution >= 0.6 is 0 Å².